The molecule has 0 aliphatic heterocycles. The van der Waals surface area contributed by atoms with E-state index in [1.165, 1.54) is 6.07 Å². The third-order valence-electron chi connectivity index (χ3n) is 2.51. The number of sulfonamides is 1. The van der Waals surface area contributed by atoms with Gasteiger partial charge in [-0.2, -0.15) is 0 Å². The summed E-state index contributed by atoms with van der Waals surface area (Å²) in [4.78, 5) is -0.265. The molecule has 0 radical (unpaired) electrons. The van der Waals surface area contributed by atoms with E-state index >= 15 is 0 Å². The molecular formula is C11H17FN2O3S. The van der Waals surface area contributed by atoms with Gasteiger partial charge in [0.1, 0.15) is 10.7 Å². The number of nitrogen functional groups attached to an aromatic ring is 1. The Morgan fingerprint density at radius 1 is 1.50 bits per heavy atom. The topological polar surface area (TPSA) is 92.4 Å². The zero-order valence-corrected chi connectivity index (χ0v) is 10.9. The summed E-state index contributed by atoms with van der Waals surface area (Å²) in [5, 5.41) is 8.72. The van der Waals surface area contributed by atoms with Crippen LogP contribution < -0.4 is 10.5 Å². The average Bonchev–Trinajstić information content (AvgIpc) is 2.30. The molecule has 0 aliphatic carbocycles. The van der Waals surface area contributed by atoms with E-state index in [2.05, 4.69) is 4.72 Å². The highest BCUT2D eigenvalue weighted by Gasteiger charge is 2.18. The first-order chi connectivity index (χ1) is 8.36. The largest absolute Gasteiger partial charge is 0.398 e. The number of rotatable bonds is 6. The second kappa shape index (κ2) is 6.12. The number of hydrogen-bond donors (Lipinski definition) is 3. The minimum absolute atomic E-state index is 0.00119. The molecule has 7 heteroatoms. The summed E-state index contributed by atoms with van der Waals surface area (Å²) < 4.78 is 39.1. The Morgan fingerprint density at radius 2 is 2.17 bits per heavy atom. The quantitative estimate of drug-likeness (QED) is 0.667. The lowest BCUT2D eigenvalue weighted by atomic mass is 10.1. The molecule has 0 fully saturated rings. The molecule has 1 atom stereocenters. The van der Waals surface area contributed by atoms with Crippen molar-refractivity contribution in [2.45, 2.75) is 18.2 Å². The maximum Gasteiger partial charge on any atom is 0.242 e. The zero-order chi connectivity index (χ0) is 13.8. The van der Waals surface area contributed by atoms with Gasteiger partial charge in [-0.05, 0) is 30.5 Å². The van der Waals surface area contributed by atoms with Crippen LogP contribution in [0.3, 0.4) is 0 Å². The summed E-state index contributed by atoms with van der Waals surface area (Å²) in [6, 6.07) is 3.19. The molecule has 0 aliphatic rings. The van der Waals surface area contributed by atoms with Crippen LogP contribution in [0.15, 0.2) is 23.1 Å². The Kier molecular flexibility index (Phi) is 5.06. The Morgan fingerprint density at radius 3 is 2.78 bits per heavy atom. The molecular weight excluding hydrogens is 259 g/mol. The van der Waals surface area contributed by atoms with Gasteiger partial charge in [0, 0.05) is 13.2 Å². The van der Waals surface area contributed by atoms with Gasteiger partial charge in [-0.15, -0.1) is 0 Å². The molecule has 5 nitrogen and oxygen atoms in total. The van der Waals surface area contributed by atoms with Crippen molar-refractivity contribution in [2.24, 2.45) is 5.92 Å². The molecule has 0 amide bonds. The maximum atomic E-state index is 13.0. The van der Waals surface area contributed by atoms with Gasteiger partial charge in [0.15, 0.2) is 0 Å². The van der Waals surface area contributed by atoms with E-state index in [1.807, 2.05) is 0 Å². The number of anilines is 1. The fourth-order valence-corrected chi connectivity index (χ4v) is 2.70. The van der Waals surface area contributed by atoms with E-state index in [-0.39, 0.29) is 29.7 Å². The van der Waals surface area contributed by atoms with Crippen molar-refractivity contribution >= 4 is 15.7 Å². The van der Waals surface area contributed by atoms with Gasteiger partial charge >= 0.3 is 0 Å². The van der Waals surface area contributed by atoms with Crippen molar-refractivity contribution in [3.05, 3.63) is 24.0 Å². The van der Waals surface area contributed by atoms with E-state index in [1.54, 1.807) is 6.92 Å². The third kappa shape index (κ3) is 3.94. The maximum absolute atomic E-state index is 13.0. The van der Waals surface area contributed by atoms with E-state index in [0.29, 0.717) is 6.42 Å². The van der Waals surface area contributed by atoms with Gasteiger partial charge in [-0.25, -0.2) is 17.5 Å². The SMILES string of the molecule is CC(CCO)CNS(=O)(=O)c1cc(F)ccc1N. The minimum atomic E-state index is -3.82. The first-order valence-electron chi connectivity index (χ1n) is 5.52. The summed E-state index contributed by atoms with van der Waals surface area (Å²) >= 11 is 0. The Labute approximate surface area is 106 Å². The first kappa shape index (κ1) is 14.9. The van der Waals surface area contributed by atoms with Crippen LogP contribution in [0.5, 0.6) is 0 Å². The third-order valence-corrected chi connectivity index (χ3v) is 3.99. The number of nitrogens with two attached hydrogens (primary N) is 1. The molecule has 0 saturated carbocycles. The van der Waals surface area contributed by atoms with E-state index in [0.717, 1.165) is 12.1 Å². The molecule has 1 unspecified atom stereocenters. The lowest BCUT2D eigenvalue weighted by Crippen LogP contribution is -2.29. The van der Waals surface area contributed by atoms with Gasteiger partial charge < -0.3 is 10.8 Å². The number of aliphatic hydroxyl groups excluding tert-OH is 1. The molecule has 102 valence electrons. The standard InChI is InChI=1S/C11H17FN2O3S/c1-8(4-5-15)7-14-18(16,17)11-6-9(12)2-3-10(11)13/h2-3,6,8,14-15H,4-5,7,13H2,1H3. The second-order valence-electron chi connectivity index (χ2n) is 4.15. The van der Waals surface area contributed by atoms with Crippen LogP contribution >= 0.6 is 0 Å². The lowest BCUT2D eigenvalue weighted by Gasteiger charge is -2.12. The Balaban J connectivity index is 2.83. The Hall–Kier alpha value is -1.18. The molecule has 0 aromatic heterocycles. The van der Waals surface area contributed by atoms with Crippen LogP contribution in [0, 0.1) is 11.7 Å². The highest BCUT2D eigenvalue weighted by Crippen LogP contribution is 2.19. The van der Waals surface area contributed by atoms with Crippen molar-refractivity contribution in [3.63, 3.8) is 0 Å². The molecule has 1 aromatic carbocycles. The normalized spacial score (nSPS) is 13.5. The number of halogens is 1. The fourth-order valence-electron chi connectivity index (χ4n) is 1.39. The van der Waals surface area contributed by atoms with Crippen molar-refractivity contribution in [3.8, 4) is 0 Å². The monoisotopic (exact) mass is 276 g/mol. The molecule has 1 aromatic rings. The van der Waals surface area contributed by atoms with Crippen LogP contribution in [-0.2, 0) is 10.0 Å². The van der Waals surface area contributed by atoms with Crippen LogP contribution in [0.4, 0.5) is 10.1 Å². The molecule has 0 saturated heterocycles. The minimum Gasteiger partial charge on any atom is -0.398 e. The molecule has 0 spiro atoms. The molecule has 0 bridgehead atoms. The summed E-state index contributed by atoms with van der Waals surface area (Å²) in [7, 11) is -3.82. The van der Waals surface area contributed by atoms with Crippen molar-refractivity contribution in [1.29, 1.82) is 0 Å². The van der Waals surface area contributed by atoms with Gasteiger partial charge in [-0.3, -0.25) is 0 Å². The Bertz CT molecular complexity index is 505. The number of hydrogen-bond acceptors (Lipinski definition) is 4. The summed E-state index contributed by atoms with van der Waals surface area (Å²) in [5.74, 6) is -0.674. The molecule has 18 heavy (non-hydrogen) atoms. The van der Waals surface area contributed by atoms with Crippen LogP contribution in [0.1, 0.15) is 13.3 Å². The van der Waals surface area contributed by atoms with Gasteiger partial charge in [0.25, 0.3) is 0 Å². The predicted octanol–water partition coefficient (Wildman–Crippen LogP) is 0.705. The van der Waals surface area contributed by atoms with Crippen LogP contribution in [-0.4, -0.2) is 26.7 Å². The number of aliphatic hydroxyl groups is 1. The van der Waals surface area contributed by atoms with Crippen LogP contribution in [0.25, 0.3) is 0 Å². The first-order valence-corrected chi connectivity index (χ1v) is 7.00. The summed E-state index contributed by atoms with van der Waals surface area (Å²) in [5.41, 5.74) is 5.51. The van der Waals surface area contributed by atoms with Crippen molar-refractivity contribution < 1.29 is 17.9 Å². The average molecular weight is 276 g/mol. The van der Waals surface area contributed by atoms with E-state index in [4.69, 9.17) is 10.8 Å². The van der Waals surface area contributed by atoms with E-state index in [9.17, 15) is 12.8 Å². The zero-order valence-electron chi connectivity index (χ0n) is 10.1. The molecule has 0 heterocycles. The van der Waals surface area contributed by atoms with Gasteiger partial charge in [-0.1, -0.05) is 6.92 Å². The highest BCUT2D eigenvalue weighted by molar-refractivity contribution is 7.89. The second-order valence-corrected chi connectivity index (χ2v) is 5.89. The smallest absolute Gasteiger partial charge is 0.242 e. The van der Waals surface area contributed by atoms with E-state index < -0.39 is 15.8 Å². The van der Waals surface area contributed by atoms with Crippen molar-refractivity contribution in [1.82, 2.24) is 4.72 Å². The number of nitrogens with one attached hydrogen (secondary N) is 1. The van der Waals surface area contributed by atoms with Gasteiger partial charge in [0.2, 0.25) is 10.0 Å². The molecule has 4 N–H and O–H groups in total. The van der Waals surface area contributed by atoms with Crippen molar-refractivity contribution in [2.75, 3.05) is 18.9 Å². The summed E-state index contributed by atoms with van der Waals surface area (Å²) in [6.45, 7) is 1.96. The summed E-state index contributed by atoms with van der Waals surface area (Å²) in [6.07, 6.45) is 0.487. The molecule has 1 rings (SSSR count). The van der Waals surface area contributed by atoms with Crippen LogP contribution in [0.2, 0.25) is 0 Å². The predicted molar refractivity (Wildman–Crippen MR) is 66.9 cm³/mol. The highest BCUT2D eigenvalue weighted by atomic mass is 32.2. The fraction of sp³-hybridized carbons (Fsp3) is 0.455. The lowest BCUT2D eigenvalue weighted by molar-refractivity contribution is 0.263. The van der Waals surface area contributed by atoms with Gasteiger partial charge in [0.05, 0.1) is 5.69 Å². The number of benzene rings is 1.